The van der Waals surface area contributed by atoms with Gasteiger partial charge in [0, 0.05) is 56.4 Å². The maximum absolute atomic E-state index is 14.1. The van der Waals surface area contributed by atoms with Crippen molar-refractivity contribution in [2.45, 2.75) is 44.2 Å². The molecule has 1 aromatic carbocycles. The van der Waals surface area contributed by atoms with Crippen LogP contribution in [0.2, 0.25) is 0 Å². The van der Waals surface area contributed by atoms with Crippen LogP contribution in [0, 0.1) is 11.7 Å². The van der Waals surface area contributed by atoms with E-state index in [-0.39, 0.29) is 5.82 Å². The molecule has 3 fully saturated rings. The van der Waals surface area contributed by atoms with Gasteiger partial charge in [0.2, 0.25) is 5.95 Å². The van der Waals surface area contributed by atoms with Crippen LogP contribution < -0.4 is 15.8 Å². The molecule has 160 valence electrons. The highest BCUT2D eigenvalue weighted by molar-refractivity contribution is 5.33. The first kappa shape index (κ1) is 19.8. The third kappa shape index (κ3) is 4.19. The third-order valence-corrected chi connectivity index (χ3v) is 6.86. The molecule has 3 saturated heterocycles. The van der Waals surface area contributed by atoms with Crippen LogP contribution in [0.1, 0.15) is 42.9 Å². The number of hydrogen-bond acceptors (Lipinski definition) is 6. The molecule has 3 atom stereocenters. The van der Waals surface area contributed by atoms with E-state index < -0.39 is 0 Å². The minimum atomic E-state index is -0.103. The number of anilines is 1. The normalized spacial score (nSPS) is 27.6. The Bertz CT molecular complexity index is 855. The monoisotopic (exact) mass is 410 g/mol. The molecule has 7 heteroatoms. The standard InChI is InChI=1S/C23H31FN6/c24-20-8-2-1-6-17(20)15-29-11-5-7-18(16-29)22-19(14-26-28-22)21-9-10-25-23(27-21)30-12-3-4-13-30/h1-2,6,8-10,18-19,22,26,28H,3-5,7,11-16H2. The molecule has 2 N–H and O–H groups in total. The second-order valence-electron chi connectivity index (χ2n) is 8.86. The van der Waals surface area contributed by atoms with Gasteiger partial charge in [-0.3, -0.25) is 15.8 Å². The van der Waals surface area contributed by atoms with E-state index in [9.17, 15) is 4.39 Å². The fraction of sp³-hybridized carbons (Fsp3) is 0.565. The van der Waals surface area contributed by atoms with Gasteiger partial charge in [-0.15, -0.1) is 0 Å². The van der Waals surface area contributed by atoms with Gasteiger partial charge in [-0.25, -0.2) is 14.4 Å². The number of rotatable bonds is 5. The van der Waals surface area contributed by atoms with Gasteiger partial charge < -0.3 is 4.90 Å². The second-order valence-corrected chi connectivity index (χ2v) is 8.86. The molecule has 0 amide bonds. The SMILES string of the molecule is Fc1ccccc1CN1CCCC(C2NNCC2c2ccnc(N3CCCC3)n2)C1. The zero-order chi connectivity index (χ0) is 20.3. The fourth-order valence-electron chi connectivity index (χ4n) is 5.28. The van der Waals surface area contributed by atoms with Crippen molar-refractivity contribution >= 4 is 5.95 Å². The molecule has 30 heavy (non-hydrogen) atoms. The molecule has 4 heterocycles. The molecule has 5 rings (SSSR count). The van der Waals surface area contributed by atoms with Crippen molar-refractivity contribution in [1.82, 2.24) is 25.7 Å². The maximum atomic E-state index is 14.1. The largest absolute Gasteiger partial charge is 0.341 e. The number of likely N-dealkylation sites (tertiary alicyclic amines) is 1. The van der Waals surface area contributed by atoms with E-state index in [1.54, 1.807) is 12.1 Å². The zero-order valence-corrected chi connectivity index (χ0v) is 17.4. The average molecular weight is 411 g/mol. The van der Waals surface area contributed by atoms with E-state index >= 15 is 0 Å². The van der Waals surface area contributed by atoms with Crippen molar-refractivity contribution in [2.75, 3.05) is 37.6 Å². The lowest BCUT2D eigenvalue weighted by Crippen LogP contribution is -2.46. The van der Waals surface area contributed by atoms with Crippen LogP contribution in [0.25, 0.3) is 0 Å². The Labute approximate surface area is 177 Å². The third-order valence-electron chi connectivity index (χ3n) is 6.86. The van der Waals surface area contributed by atoms with Crippen molar-refractivity contribution < 1.29 is 4.39 Å². The van der Waals surface area contributed by atoms with E-state index in [2.05, 4.69) is 31.7 Å². The highest BCUT2D eigenvalue weighted by Gasteiger charge is 2.37. The Morgan fingerprint density at radius 2 is 1.93 bits per heavy atom. The van der Waals surface area contributed by atoms with E-state index in [1.807, 2.05) is 18.3 Å². The predicted octanol–water partition coefficient (Wildman–Crippen LogP) is 2.69. The first-order valence-electron chi connectivity index (χ1n) is 11.3. The summed E-state index contributed by atoms with van der Waals surface area (Å²) in [5.74, 6) is 1.61. The number of piperidine rings is 1. The highest BCUT2D eigenvalue weighted by Crippen LogP contribution is 2.32. The molecule has 0 aliphatic carbocycles. The summed E-state index contributed by atoms with van der Waals surface area (Å²) < 4.78 is 14.1. The van der Waals surface area contributed by atoms with Crippen molar-refractivity contribution in [3.63, 3.8) is 0 Å². The lowest BCUT2D eigenvalue weighted by Gasteiger charge is -2.37. The molecule has 3 aliphatic rings. The van der Waals surface area contributed by atoms with Crippen LogP contribution in [0.15, 0.2) is 36.5 Å². The lowest BCUT2D eigenvalue weighted by molar-refractivity contribution is 0.138. The minimum absolute atomic E-state index is 0.103. The number of hydrazine groups is 1. The molecule has 0 bridgehead atoms. The number of nitrogens with one attached hydrogen (secondary N) is 2. The average Bonchev–Trinajstić information content (AvgIpc) is 3.48. The summed E-state index contributed by atoms with van der Waals surface area (Å²) in [4.78, 5) is 14.2. The van der Waals surface area contributed by atoms with Gasteiger partial charge in [-0.1, -0.05) is 18.2 Å². The van der Waals surface area contributed by atoms with Gasteiger partial charge >= 0.3 is 0 Å². The number of benzene rings is 1. The van der Waals surface area contributed by atoms with Crippen LogP contribution in [0.5, 0.6) is 0 Å². The summed E-state index contributed by atoms with van der Waals surface area (Å²) in [6, 6.07) is 9.54. The van der Waals surface area contributed by atoms with Gasteiger partial charge in [0.05, 0.1) is 5.69 Å². The molecular formula is C23H31FN6. The smallest absolute Gasteiger partial charge is 0.225 e. The van der Waals surface area contributed by atoms with Gasteiger partial charge in [-0.2, -0.15) is 0 Å². The van der Waals surface area contributed by atoms with Crippen LogP contribution in [-0.2, 0) is 6.54 Å². The Morgan fingerprint density at radius 3 is 2.80 bits per heavy atom. The minimum Gasteiger partial charge on any atom is -0.341 e. The topological polar surface area (TPSA) is 56.3 Å². The Hall–Kier alpha value is -2.09. The van der Waals surface area contributed by atoms with Gasteiger partial charge in [0.25, 0.3) is 0 Å². The van der Waals surface area contributed by atoms with Gasteiger partial charge in [0.15, 0.2) is 0 Å². The summed E-state index contributed by atoms with van der Waals surface area (Å²) >= 11 is 0. The van der Waals surface area contributed by atoms with Gasteiger partial charge in [-0.05, 0) is 50.3 Å². The highest BCUT2D eigenvalue weighted by atomic mass is 19.1. The van der Waals surface area contributed by atoms with E-state index in [0.717, 1.165) is 56.4 Å². The van der Waals surface area contributed by atoms with Crippen LogP contribution in [-0.4, -0.2) is 53.6 Å². The second kappa shape index (κ2) is 8.96. The summed E-state index contributed by atoms with van der Waals surface area (Å²) in [7, 11) is 0. The Morgan fingerprint density at radius 1 is 1.07 bits per heavy atom. The van der Waals surface area contributed by atoms with Crippen molar-refractivity contribution in [1.29, 1.82) is 0 Å². The first-order valence-corrected chi connectivity index (χ1v) is 11.3. The van der Waals surface area contributed by atoms with Crippen molar-refractivity contribution in [3.8, 4) is 0 Å². The van der Waals surface area contributed by atoms with Gasteiger partial charge in [0.1, 0.15) is 5.82 Å². The van der Waals surface area contributed by atoms with Crippen molar-refractivity contribution in [2.24, 2.45) is 5.92 Å². The molecule has 6 nitrogen and oxygen atoms in total. The van der Waals surface area contributed by atoms with E-state index in [4.69, 9.17) is 4.98 Å². The number of nitrogens with zero attached hydrogens (tertiary/aromatic N) is 4. The van der Waals surface area contributed by atoms with E-state index in [1.165, 1.54) is 19.3 Å². The predicted molar refractivity (Wildman–Crippen MR) is 116 cm³/mol. The quantitative estimate of drug-likeness (QED) is 0.791. The number of aromatic nitrogens is 2. The molecule has 3 unspecified atom stereocenters. The van der Waals surface area contributed by atoms with Crippen LogP contribution in [0.3, 0.4) is 0 Å². The Balaban J connectivity index is 1.29. The molecular weight excluding hydrogens is 379 g/mol. The maximum Gasteiger partial charge on any atom is 0.225 e. The Kier molecular flexibility index (Phi) is 5.93. The molecule has 0 radical (unpaired) electrons. The zero-order valence-electron chi connectivity index (χ0n) is 17.4. The summed E-state index contributed by atoms with van der Waals surface area (Å²) in [6.07, 6.45) is 6.70. The summed E-state index contributed by atoms with van der Waals surface area (Å²) in [6.45, 7) is 5.69. The van der Waals surface area contributed by atoms with E-state index in [0.29, 0.717) is 24.4 Å². The van der Waals surface area contributed by atoms with Crippen LogP contribution in [0.4, 0.5) is 10.3 Å². The molecule has 0 saturated carbocycles. The molecule has 0 spiro atoms. The molecule has 1 aromatic heterocycles. The summed E-state index contributed by atoms with van der Waals surface area (Å²) in [5.41, 5.74) is 8.83. The fourth-order valence-corrected chi connectivity index (χ4v) is 5.28. The first-order chi connectivity index (χ1) is 14.8. The number of halogens is 1. The lowest BCUT2D eigenvalue weighted by atomic mass is 9.82. The summed E-state index contributed by atoms with van der Waals surface area (Å²) in [5, 5.41) is 0. The van der Waals surface area contributed by atoms with Crippen molar-refractivity contribution in [3.05, 3.63) is 53.6 Å². The van der Waals surface area contributed by atoms with Crippen LogP contribution >= 0.6 is 0 Å². The molecule has 3 aliphatic heterocycles. The molecule has 2 aromatic rings. The number of hydrogen-bond donors (Lipinski definition) is 2.